The van der Waals surface area contributed by atoms with Gasteiger partial charge in [-0.3, -0.25) is 0 Å². The highest BCUT2D eigenvalue weighted by Crippen LogP contribution is 2.34. The van der Waals surface area contributed by atoms with Gasteiger partial charge in [0.1, 0.15) is 11.6 Å². The molecule has 4 aromatic rings. The molecule has 4 nitrogen and oxygen atoms in total. The first-order valence-corrected chi connectivity index (χ1v) is 11.3. The summed E-state index contributed by atoms with van der Waals surface area (Å²) in [5.74, 6) is -0.100. The van der Waals surface area contributed by atoms with Crippen LogP contribution < -0.4 is 5.32 Å². The van der Waals surface area contributed by atoms with Crippen LogP contribution in [0.25, 0.3) is 33.4 Å². The predicted molar refractivity (Wildman–Crippen MR) is 132 cm³/mol. The monoisotopic (exact) mass is 482 g/mol. The third kappa shape index (κ3) is 5.59. The second-order valence-electron chi connectivity index (χ2n) is 8.72. The molecule has 0 unspecified atom stereocenters. The van der Waals surface area contributed by atoms with Crippen molar-refractivity contribution in [1.29, 1.82) is 0 Å². The van der Waals surface area contributed by atoms with Gasteiger partial charge in [0.2, 0.25) is 0 Å². The smallest absolute Gasteiger partial charge is 0.369 e. The Morgan fingerprint density at radius 1 is 0.886 bits per heavy atom. The maximum atomic E-state index is 14.2. The average Bonchev–Trinajstić information content (AvgIpc) is 2.81. The van der Waals surface area contributed by atoms with Gasteiger partial charge >= 0.3 is 6.18 Å². The number of aryl methyl sites for hydroxylation is 1. The van der Waals surface area contributed by atoms with E-state index in [1.54, 1.807) is 18.2 Å². The van der Waals surface area contributed by atoms with Crippen molar-refractivity contribution in [3.8, 4) is 22.5 Å². The Kier molecular flexibility index (Phi) is 7.03. The summed E-state index contributed by atoms with van der Waals surface area (Å²) in [5, 5.41) is 4.34. The summed E-state index contributed by atoms with van der Waals surface area (Å²) in [6.07, 6.45) is -3.80. The first kappa shape index (κ1) is 24.6. The second kappa shape index (κ2) is 10.00. The van der Waals surface area contributed by atoms with Crippen molar-refractivity contribution in [3.05, 3.63) is 77.6 Å². The standard InChI is InChI=1S/C27H26F4N4/c1-17-7-4-10-21-24(17)33-25(34-26(21)32-13-6-14-35(2)3)20-9-5-8-18(15-20)19-11-12-22(23(28)16-19)27(29,30)31/h4-5,7-12,15-16H,6,13-14H2,1-3H3,(H,32,33,34). The molecule has 35 heavy (non-hydrogen) atoms. The van der Waals surface area contributed by atoms with Crippen LogP contribution >= 0.6 is 0 Å². The first-order chi connectivity index (χ1) is 16.6. The maximum absolute atomic E-state index is 14.2. The molecule has 8 heteroatoms. The van der Waals surface area contributed by atoms with Crippen LogP contribution in [-0.4, -0.2) is 42.1 Å². The SMILES string of the molecule is Cc1cccc2c(NCCCN(C)C)nc(-c3cccc(-c4ccc(C(F)(F)F)c(F)c4)c3)nc12. The van der Waals surface area contributed by atoms with Gasteiger partial charge in [-0.1, -0.05) is 36.4 Å². The van der Waals surface area contributed by atoms with E-state index in [-0.39, 0.29) is 0 Å². The van der Waals surface area contributed by atoms with E-state index in [1.165, 1.54) is 6.07 Å². The van der Waals surface area contributed by atoms with Crippen LogP contribution in [-0.2, 0) is 6.18 Å². The summed E-state index contributed by atoms with van der Waals surface area (Å²) in [5.41, 5.74) is 2.14. The third-order valence-electron chi connectivity index (χ3n) is 5.73. The molecule has 0 radical (unpaired) electrons. The lowest BCUT2D eigenvalue weighted by Crippen LogP contribution is -2.17. The van der Waals surface area contributed by atoms with Crippen LogP contribution in [0.2, 0.25) is 0 Å². The molecule has 0 bridgehead atoms. The number of anilines is 1. The third-order valence-corrected chi connectivity index (χ3v) is 5.73. The number of para-hydroxylation sites is 1. The second-order valence-corrected chi connectivity index (χ2v) is 8.72. The molecular weight excluding hydrogens is 456 g/mol. The number of nitrogens with zero attached hydrogens (tertiary/aromatic N) is 3. The Morgan fingerprint density at radius 2 is 1.60 bits per heavy atom. The van der Waals surface area contributed by atoms with E-state index in [1.807, 2.05) is 45.3 Å². The fourth-order valence-electron chi connectivity index (χ4n) is 3.92. The van der Waals surface area contributed by atoms with Gasteiger partial charge in [0.05, 0.1) is 11.1 Å². The van der Waals surface area contributed by atoms with Crippen molar-refractivity contribution >= 4 is 16.7 Å². The lowest BCUT2D eigenvalue weighted by Gasteiger charge is -2.14. The van der Waals surface area contributed by atoms with E-state index in [0.717, 1.165) is 53.9 Å². The Bertz CT molecular complexity index is 1350. The van der Waals surface area contributed by atoms with Crippen LogP contribution in [0, 0.1) is 12.7 Å². The van der Waals surface area contributed by atoms with E-state index in [4.69, 9.17) is 9.97 Å². The highest BCUT2D eigenvalue weighted by atomic mass is 19.4. The normalized spacial score (nSPS) is 11.9. The number of aromatic nitrogens is 2. The molecule has 182 valence electrons. The van der Waals surface area contributed by atoms with Crippen molar-refractivity contribution in [3.63, 3.8) is 0 Å². The van der Waals surface area contributed by atoms with Crippen LogP contribution in [0.4, 0.5) is 23.4 Å². The zero-order chi connectivity index (χ0) is 25.2. The molecule has 4 rings (SSSR count). The molecule has 0 atom stereocenters. The molecule has 0 aliphatic carbocycles. The first-order valence-electron chi connectivity index (χ1n) is 11.3. The van der Waals surface area contributed by atoms with Crippen molar-refractivity contribution in [2.45, 2.75) is 19.5 Å². The number of hydrogen-bond acceptors (Lipinski definition) is 4. The quantitative estimate of drug-likeness (QED) is 0.233. The van der Waals surface area contributed by atoms with E-state index in [9.17, 15) is 17.6 Å². The minimum absolute atomic E-state index is 0.344. The van der Waals surface area contributed by atoms with Gasteiger partial charge in [0.15, 0.2) is 5.82 Å². The molecule has 1 heterocycles. The summed E-state index contributed by atoms with van der Waals surface area (Å²) < 4.78 is 53.0. The maximum Gasteiger partial charge on any atom is 0.419 e. The summed E-state index contributed by atoms with van der Waals surface area (Å²) in [7, 11) is 4.05. The summed E-state index contributed by atoms with van der Waals surface area (Å²) >= 11 is 0. The van der Waals surface area contributed by atoms with E-state index in [0.29, 0.717) is 22.5 Å². The zero-order valence-corrected chi connectivity index (χ0v) is 19.7. The lowest BCUT2D eigenvalue weighted by molar-refractivity contribution is -0.139. The number of fused-ring (bicyclic) bond motifs is 1. The largest absolute Gasteiger partial charge is 0.419 e. The highest BCUT2D eigenvalue weighted by molar-refractivity contribution is 5.92. The average molecular weight is 483 g/mol. The molecule has 1 aromatic heterocycles. The van der Waals surface area contributed by atoms with Gasteiger partial charge in [-0.05, 0) is 74.9 Å². The summed E-state index contributed by atoms with van der Waals surface area (Å²) in [6.45, 7) is 3.66. The fraction of sp³-hybridized carbons (Fsp3) is 0.259. The molecule has 3 aromatic carbocycles. The van der Waals surface area contributed by atoms with Crippen molar-refractivity contribution in [2.75, 3.05) is 32.5 Å². The number of halogens is 4. The topological polar surface area (TPSA) is 41.0 Å². The van der Waals surface area contributed by atoms with E-state index in [2.05, 4.69) is 10.2 Å². The molecule has 0 aliphatic heterocycles. The van der Waals surface area contributed by atoms with Gasteiger partial charge in [-0.15, -0.1) is 0 Å². The van der Waals surface area contributed by atoms with Crippen molar-refractivity contribution < 1.29 is 17.6 Å². The van der Waals surface area contributed by atoms with Crippen LogP contribution in [0.15, 0.2) is 60.7 Å². The molecule has 0 aliphatic rings. The van der Waals surface area contributed by atoms with Gasteiger partial charge in [0, 0.05) is 17.5 Å². The molecule has 0 spiro atoms. The molecule has 0 amide bonds. The van der Waals surface area contributed by atoms with Crippen molar-refractivity contribution in [1.82, 2.24) is 14.9 Å². The number of nitrogens with one attached hydrogen (secondary N) is 1. The molecule has 1 N–H and O–H groups in total. The highest BCUT2D eigenvalue weighted by Gasteiger charge is 2.34. The lowest BCUT2D eigenvalue weighted by atomic mass is 10.0. The summed E-state index contributed by atoms with van der Waals surface area (Å²) in [6, 6.07) is 15.9. The van der Waals surface area contributed by atoms with Gasteiger partial charge in [0.25, 0.3) is 0 Å². The Labute approximate surface area is 201 Å². The molecular formula is C27H26F4N4. The number of rotatable bonds is 7. The fourth-order valence-corrected chi connectivity index (χ4v) is 3.92. The van der Waals surface area contributed by atoms with E-state index >= 15 is 0 Å². The van der Waals surface area contributed by atoms with Crippen molar-refractivity contribution in [2.24, 2.45) is 0 Å². The van der Waals surface area contributed by atoms with Crippen LogP contribution in [0.1, 0.15) is 17.5 Å². The molecule has 0 saturated heterocycles. The summed E-state index contributed by atoms with van der Waals surface area (Å²) in [4.78, 5) is 11.7. The van der Waals surface area contributed by atoms with E-state index < -0.39 is 17.6 Å². The molecule has 0 saturated carbocycles. The molecule has 0 fully saturated rings. The van der Waals surface area contributed by atoms with Crippen LogP contribution in [0.3, 0.4) is 0 Å². The Morgan fingerprint density at radius 3 is 2.31 bits per heavy atom. The minimum Gasteiger partial charge on any atom is -0.369 e. The predicted octanol–water partition coefficient (Wildman–Crippen LogP) is 6.79. The van der Waals surface area contributed by atoms with Gasteiger partial charge in [-0.25, -0.2) is 14.4 Å². The van der Waals surface area contributed by atoms with Gasteiger partial charge in [-0.2, -0.15) is 13.2 Å². The number of hydrogen-bond donors (Lipinski definition) is 1. The Balaban J connectivity index is 1.72. The zero-order valence-electron chi connectivity index (χ0n) is 19.7. The van der Waals surface area contributed by atoms with Gasteiger partial charge < -0.3 is 10.2 Å². The minimum atomic E-state index is -4.74. The number of alkyl halides is 3. The Hall–Kier alpha value is -3.52. The number of benzene rings is 3. The van der Waals surface area contributed by atoms with Crippen LogP contribution in [0.5, 0.6) is 0 Å².